The summed E-state index contributed by atoms with van der Waals surface area (Å²) in [5.74, 6) is 2.25. The van der Waals surface area contributed by atoms with Gasteiger partial charge in [-0.15, -0.1) is 0 Å². The minimum atomic E-state index is -0.716. The summed E-state index contributed by atoms with van der Waals surface area (Å²) >= 11 is 0. The molecule has 7 aliphatic rings. The maximum Gasteiger partial charge on any atom is 0.309 e. The summed E-state index contributed by atoms with van der Waals surface area (Å²) in [6.07, 6.45) is 22.7. The zero-order valence-corrected chi connectivity index (χ0v) is 51.8. The Morgan fingerprint density at radius 3 is 1.28 bits per heavy atom. The van der Waals surface area contributed by atoms with Crippen LogP contribution in [0, 0.1) is 58.7 Å². The van der Waals surface area contributed by atoms with Crippen LogP contribution < -0.4 is 0 Å². The minimum Gasteiger partial charge on any atom is -0.481 e. The SMILES string of the molecule is CC(C)C1CCC(COC(=O)C2CCC(O)CC2)CC1.CC(C)c1ccc(COC(=O)C2CCC(O)CC2)cc1.CC1CC(OC(=O)C2CCC(O)CC2)CC(C)(C)C1.CCCOC(=O)C1CCC(O)CC1.O=C(O)C1CCC(O)CC1. The van der Waals surface area contributed by atoms with Crippen molar-refractivity contribution in [3.63, 3.8) is 0 Å². The molecule has 0 bridgehead atoms. The molecule has 0 heterocycles. The number of carboxylic acid groups (broad SMARTS) is 1. The van der Waals surface area contributed by atoms with Gasteiger partial charge in [0.25, 0.3) is 0 Å². The highest BCUT2D eigenvalue weighted by Gasteiger charge is 2.37. The number of carbonyl (C=O) groups excluding carboxylic acids is 4. The van der Waals surface area contributed by atoms with E-state index in [1.54, 1.807) is 0 Å². The molecule has 7 saturated carbocycles. The Balaban J connectivity index is 0.000000225. The van der Waals surface area contributed by atoms with Gasteiger partial charge in [0.2, 0.25) is 0 Å². The van der Waals surface area contributed by atoms with Crippen LogP contribution >= 0.6 is 0 Å². The molecular formula is C67H112O15. The van der Waals surface area contributed by atoms with Crippen LogP contribution in [0.1, 0.15) is 252 Å². The van der Waals surface area contributed by atoms with Crippen molar-refractivity contribution < 1.29 is 73.6 Å². The van der Waals surface area contributed by atoms with Gasteiger partial charge in [0.1, 0.15) is 12.7 Å². The Morgan fingerprint density at radius 1 is 0.512 bits per heavy atom. The molecule has 0 amide bonds. The van der Waals surface area contributed by atoms with Crippen LogP contribution in [0.15, 0.2) is 24.3 Å². The van der Waals surface area contributed by atoms with Crippen LogP contribution in [0.25, 0.3) is 0 Å². The van der Waals surface area contributed by atoms with Gasteiger partial charge in [0.05, 0.1) is 73.3 Å². The Morgan fingerprint density at radius 2 is 0.902 bits per heavy atom. The predicted octanol–water partition coefficient (Wildman–Crippen LogP) is 12.4. The number of rotatable bonds is 14. The molecule has 0 saturated heterocycles. The second kappa shape index (κ2) is 37.0. The van der Waals surface area contributed by atoms with Crippen LogP contribution in [0.4, 0.5) is 0 Å². The van der Waals surface area contributed by atoms with Crippen molar-refractivity contribution in [1.29, 1.82) is 0 Å². The van der Waals surface area contributed by atoms with Gasteiger partial charge in [-0.25, -0.2) is 0 Å². The lowest BCUT2D eigenvalue weighted by molar-refractivity contribution is -0.160. The van der Waals surface area contributed by atoms with Gasteiger partial charge in [-0.1, -0.05) is 79.7 Å². The van der Waals surface area contributed by atoms with Crippen molar-refractivity contribution in [2.45, 2.75) is 284 Å². The van der Waals surface area contributed by atoms with Crippen LogP contribution in [0.3, 0.4) is 0 Å². The lowest BCUT2D eigenvalue weighted by Crippen LogP contribution is -2.36. The van der Waals surface area contributed by atoms with Crippen molar-refractivity contribution in [2.75, 3.05) is 13.2 Å². The van der Waals surface area contributed by atoms with E-state index in [1.165, 1.54) is 37.7 Å². The normalized spacial score (nSPS) is 31.7. The highest BCUT2D eigenvalue weighted by Crippen LogP contribution is 2.41. The monoisotopic (exact) mass is 1160 g/mol. The molecule has 0 radical (unpaired) electrons. The maximum atomic E-state index is 12.2. The molecule has 82 heavy (non-hydrogen) atoms. The van der Waals surface area contributed by atoms with Gasteiger partial charge in [0, 0.05) is 0 Å². The predicted molar refractivity (Wildman–Crippen MR) is 317 cm³/mol. The van der Waals surface area contributed by atoms with Crippen molar-refractivity contribution >= 4 is 29.8 Å². The molecule has 8 rings (SSSR count). The van der Waals surface area contributed by atoms with Crippen molar-refractivity contribution in [2.24, 2.45) is 58.7 Å². The van der Waals surface area contributed by atoms with E-state index in [4.69, 9.17) is 29.2 Å². The van der Waals surface area contributed by atoms with Gasteiger partial charge < -0.3 is 49.6 Å². The molecule has 0 aromatic heterocycles. The third-order valence-electron chi connectivity index (χ3n) is 18.6. The quantitative estimate of drug-likeness (QED) is 0.0749. The van der Waals surface area contributed by atoms with Gasteiger partial charge in [-0.3, -0.25) is 24.0 Å². The molecule has 470 valence electrons. The number of esters is 4. The smallest absolute Gasteiger partial charge is 0.309 e. The number of hydrogen-bond donors (Lipinski definition) is 6. The van der Waals surface area contributed by atoms with Gasteiger partial charge in [-0.05, 0) is 226 Å². The summed E-state index contributed by atoms with van der Waals surface area (Å²) in [6, 6.07) is 8.22. The summed E-state index contributed by atoms with van der Waals surface area (Å²) in [5, 5.41) is 55.2. The van der Waals surface area contributed by atoms with Crippen LogP contribution in [0.5, 0.6) is 0 Å². The average molecular weight is 1160 g/mol. The summed E-state index contributed by atoms with van der Waals surface area (Å²) in [6.45, 7) is 19.2. The summed E-state index contributed by atoms with van der Waals surface area (Å²) < 4.78 is 21.7. The molecule has 2 unspecified atom stereocenters. The highest BCUT2D eigenvalue weighted by atomic mass is 16.5. The van der Waals surface area contributed by atoms with Gasteiger partial charge in [-0.2, -0.15) is 0 Å². The standard InChI is InChI=1S/C17H30O3.C17H24O3.C16H28O3.C10H18O3.C7H12O3/c2*1-12(2)14-5-3-13(4-6-14)11-20-17(19)15-7-9-16(18)10-8-15;1-11-8-14(10-16(2,3)9-11)19-15(18)12-4-6-13(17)7-5-12;1-2-7-13-10(12)8-3-5-9(11)6-4-8;8-6-3-1-5(2-4-6)7(9)10/h12-16,18H,3-11H2,1-2H3;3-6,12,15-16,18H,7-11H2,1-2H3;11-14,17H,4-10H2,1-3H3;8-9,11H,2-7H2,1H3;5-6,8H,1-4H2,(H,9,10). The summed E-state index contributed by atoms with van der Waals surface area (Å²) in [5.41, 5.74) is 2.60. The molecule has 2 atom stereocenters. The summed E-state index contributed by atoms with van der Waals surface area (Å²) in [4.78, 5) is 57.9. The maximum absolute atomic E-state index is 12.2. The highest BCUT2D eigenvalue weighted by molar-refractivity contribution is 5.74. The third kappa shape index (κ3) is 27.2. The minimum absolute atomic E-state index is 0.0174. The Bertz CT molecular complexity index is 1960. The molecule has 1 aromatic carbocycles. The molecule has 15 nitrogen and oxygen atoms in total. The first-order valence-electron chi connectivity index (χ1n) is 32.3. The zero-order valence-electron chi connectivity index (χ0n) is 51.8. The van der Waals surface area contributed by atoms with Crippen molar-refractivity contribution in [3.05, 3.63) is 35.4 Å². The molecule has 15 heteroatoms. The number of aliphatic hydroxyl groups is 5. The molecule has 1 aromatic rings. The van der Waals surface area contributed by atoms with Crippen LogP contribution in [0.2, 0.25) is 0 Å². The van der Waals surface area contributed by atoms with Gasteiger partial charge >= 0.3 is 29.8 Å². The number of benzene rings is 1. The van der Waals surface area contributed by atoms with Crippen molar-refractivity contribution in [3.8, 4) is 0 Å². The van der Waals surface area contributed by atoms with Crippen LogP contribution in [-0.4, -0.2) is 110 Å². The second-order valence-corrected chi connectivity index (χ2v) is 27.2. The number of aliphatic carboxylic acids is 1. The van der Waals surface area contributed by atoms with E-state index in [1.807, 2.05) is 19.1 Å². The molecule has 7 aliphatic carbocycles. The van der Waals surface area contributed by atoms with E-state index in [0.717, 1.165) is 127 Å². The largest absolute Gasteiger partial charge is 0.481 e. The Hall–Kier alpha value is -3.63. The number of hydrogen-bond acceptors (Lipinski definition) is 14. The van der Waals surface area contributed by atoms with Crippen molar-refractivity contribution in [1.82, 2.24) is 0 Å². The first kappa shape index (κ1) is 70.9. The van der Waals surface area contributed by atoms with Crippen LogP contribution in [-0.2, 0) is 49.5 Å². The topological polar surface area (TPSA) is 244 Å². The van der Waals surface area contributed by atoms with E-state index >= 15 is 0 Å². The Labute approximate surface area is 493 Å². The molecule has 0 spiro atoms. The van der Waals surface area contributed by atoms with Gasteiger partial charge in [0.15, 0.2) is 0 Å². The van der Waals surface area contributed by atoms with E-state index in [2.05, 4.69) is 60.6 Å². The average Bonchev–Trinajstić information content (AvgIpc) is 3.59. The van der Waals surface area contributed by atoms with E-state index < -0.39 is 5.97 Å². The first-order chi connectivity index (χ1) is 38.9. The lowest BCUT2D eigenvalue weighted by Gasteiger charge is -2.39. The second-order valence-electron chi connectivity index (χ2n) is 27.2. The molecule has 7 fully saturated rings. The van der Waals surface area contributed by atoms with E-state index in [9.17, 15) is 44.4 Å². The molecular weight excluding hydrogens is 1040 g/mol. The molecule has 6 N–H and O–H groups in total. The summed E-state index contributed by atoms with van der Waals surface area (Å²) in [7, 11) is 0. The zero-order chi connectivity index (χ0) is 60.4. The first-order valence-corrected chi connectivity index (χ1v) is 32.3. The number of aliphatic hydroxyl groups excluding tert-OH is 5. The van der Waals surface area contributed by atoms with E-state index in [0.29, 0.717) is 76.1 Å². The molecule has 0 aliphatic heterocycles. The fourth-order valence-electron chi connectivity index (χ4n) is 13.1. The Kier molecular flexibility index (Phi) is 32.0. The number of carbonyl (C=O) groups is 5. The number of ether oxygens (including phenoxy) is 4. The third-order valence-corrected chi connectivity index (χ3v) is 18.6. The lowest BCUT2D eigenvalue weighted by atomic mass is 9.71. The number of carboxylic acids is 1. The fourth-order valence-corrected chi connectivity index (χ4v) is 13.1. The fraction of sp³-hybridized carbons (Fsp3) is 0.836. The van der Waals surface area contributed by atoms with E-state index in [-0.39, 0.29) is 95.5 Å².